The quantitative estimate of drug-likeness (QED) is 0.470. The molecule has 9 heteroatoms. The molecule has 3 rings (SSSR count). The first-order valence-electron chi connectivity index (χ1n) is 8.83. The summed E-state index contributed by atoms with van der Waals surface area (Å²) < 4.78 is 19.8. The Balaban J connectivity index is 1.65. The maximum absolute atomic E-state index is 13.1. The summed E-state index contributed by atoms with van der Waals surface area (Å²) in [5, 5.41) is 11.5. The molecule has 2 aromatic carbocycles. The van der Waals surface area contributed by atoms with Crippen molar-refractivity contribution in [3.63, 3.8) is 0 Å². The Labute approximate surface area is 171 Å². The first kappa shape index (κ1) is 20.5. The highest BCUT2D eigenvalue weighted by Gasteiger charge is 2.16. The molecule has 1 amide bonds. The predicted octanol–water partition coefficient (Wildman–Crippen LogP) is 3.53. The number of esters is 1. The molecule has 0 saturated heterocycles. The second-order valence-electron chi connectivity index (χ2n) is 5.97. The molecule has 0 unspecified atom stereocenters. The molecule has 0 radical (unpaired) electrons. The maximum Gasteiger partial charge on any atom is 0.340 e. The zero-order valence-corrected chi connectivity index (χ0v) is 16.7. The van der Waals surface area contributed by atoms with Gasteiger partial charge in [0.1, 0.15) is 5.82 Å². The Kier molecular flexibility index (Phi) is 6.61. The number of nitrogens with zero attached hydrogens (tertiary/aromatic N) is 3. The number of hydrogen-bond donors (Lipinski definition) is 1. The van der Waals surface area contributed by atoms with Gasteiger partial charge in [0.25, 0.3) is 0 Å². The third kappa shape index (κ3) is 5.00. The molecule has 1 heterocycles. The highest BCUT2D eigenvalue weighted by atomic mass is 32.2. The van der Waals surface area contributed by atoms with Gasteiger partial charge in [-0.2, -0.15) is 0 Å². The van der Waals surface area contributed by atoms with Gasteiger partial charge in [0.15, 0.2) is 11.0 Å². The van der Waals surface area contributed by atoms with E-state index in [1.165, 1.54) is 23.9 Å². The number of halogens is 1. The van der Waals surface area contributed by atoms with E-state index in [2.05, 4.69) is 15.5 Å². The number of para-hydroxylation sites is 1. The first-order chi connectivity index (χ1) is 14.0. The number of rotatable bonds is 7. The van der Waals surface area contributed by atoms with E-state index in [1.54, 1.807) is 54.9 Å². The van der Waals surface area contributed by atoms with Gasteiger partial charge in [0, 0.05) is 12.6 Å². The van der Waals surface area contributed by atoms with Gasteiger partial charge in [0.05, 0.1) is 23.6 Å². The molecule has 0 saturated carbocycles. The van der Waals surface area contributed by atoms with Crippen molar-refractivity contribution >= 4 is 29.3 Å². The minimum atomic E-state index is -0.492. The van der Waals surface area contributed by atoms with Gasteiger partial charge >= 0.3 is 5.97 Å². The van der Waals surface area contributed by atoms with E-state index in [0.717, 1.165) is 5.56 Å². The number of aromatic nitrogens is 3. The van der Waals surface area contributed by atoms with Crippen LogP contribution in [0.3, 0.4) is 0 Å². The zero-order valence-electron chi connectivity index (χ0n) is 15.9. The fraction of sp³-hybridized carbons (Fsp3) is 0.200. The number of amides is 1. The molecule has 29 heavy (non-hydrogen) atoms. The number of carbonyl (C=O) groups excluding carboxylic acids is 2. The number of thioether (sulfide) groups is 1. The van der Waals surface area contributed by atoms with Gasteiger partial charge in [-0.25, -0.2) is 9.18 Å². The molecule has 3 aromatic rings. The Morgan fingerprint density at radius 2 is 1.86 bits per heavy atom. The number of ether oxygens (including phenoxy) is 1. The summed E-state index contributed by atoms with van der Waals surface area (Å²) in [5.41, 5.74) is 1.41. The van der Waals surface area contributed by atoms with Crippen LogP contribution in [0, 0.1) is 5.82 Å². The van der Waals surface area contributed by atoms with Gasteiger partial charge in [0.2, 0.25) is 5.91 Å². The van der Waals surface area contributed by atoms with E-state index in [0.29, 0.717) is 22.2 Å². The lowest BCUT2D eigenvalue weighted by molar-refractivity contribution is -0.113. The number of benzene rings is 2. The van der Waals surface area contributed by atoms with E-state index < -0.39 is 5.97 Å². The van der Waals surface area contributed by atoms with E-state index in [-0.39, 0.29) is 24.1 Å². The largest absolute Gasteiger partial charge is 0.462 e. The molecule has 7 nitrogen and oxygen atoms in total. The van der Waals surface area contributed by atoms with Crippen molar-refractivity contribution < 1.29 is 18.7 Å². The van der Waals surface area contributed by atoms with Gasteiger partial charge in [-0.1, -0.05) is 23.9 Å². The highest BCUT2D eigenvalue weighted by molar-refractivity contribution is 7.99. The SMILES string of the molecule is CCOC(=O)c1ccccc1NC(=O)CSc1nnc(-c2ccc(F)cc2)n1C. The predicted molar refractivity (Wildman–Crippen MR) is 108 cm³/mol. The monoisotopic (exact) mass is 414 g/mol. The molecule has 1 aromatic heterocycles. The molecule has 1 N–H and O–H groups in total. The first-order valence-corrected chi connectivity index (χ1v) is 9.82. The Morgan fingerprint density at radius 3 is 2.59 bits per heavy atom. The van der Waals surface area contributed by atoms with Crippen LogP contribution in [0.5, 0.6) is 0 Å². The van der Waals surface area contributed by atoms with Crippen LogP contribution >= 0.6 is 11.8 Å². The van der Waals surface area contributed by atoms with Gasteiger partial charge in [-0.05, 0) is 43.3 Å². The second-order valence-corrected chi connectivity index (χ2v) is 6.92. The Bertz CT molecular complexity index is 1020. The van der Waals surface area contributed by atoms with E-state index in [4.69, 9.17) is 4.74 Å². The van der Waals surface area contributed by atoms with Crippen molar-refractivity contribution in [2.45, 2.75) is 12.1 Å². The number of anilines is 1. The normalized spacial score (nSPS) is 10.6. The highest BCUT2D eigenvalue weighted by Crippen LogP contribution is 2.23. The summed E-state index contributed by atoms with van der Waals surface area (Å²) in [6.45, 7) is 1.97. The average molecular weight is 414 g/mol. The topological polar surface area (TPSA) is 86.1 Å². The molecule has 0 atom stereocenters. The zero-order chi connectivity index (χ0) is 20.8. The van der Waals surface area contributed by atoms with Crippen molar-refractivity contribution in [1.29, 1.82) is 0 Å². The van der Waals surface area contributed by atoms with Crippen LogP contribution < -0.4 is 5.32 Å². The van der Waals surface area contributed by atoms with Crippen molar-refractivity contribution in [3.05, 3.63) is 59.9 Å². The van der Waals surface area contributed by atoms with Gasteiger partial charge in [-0.3, -0.25) is 4.79 Å². The van der Waals surface area contributed by atoms with Crippen LogP contribution in [0.15, 0.2) is 53.7 Å². The molecule has 0 aliphatic rings. The minimum Gasteiger partial charge on any atom is -0.462 e. The van der Waals surface area contributed by atoms with Crippen LogP contribution in [0.2, 0.25) is 0 Å². The van der Waals surface area contributed by atoms with E-state index in [9.17, 15) is 14.0 Å². The lowest BCUT2D eigenvalue weighted by Gasteiger charge is -2.10. The summed E-state index contributed by atoms with van der Waals surface area (Å²) in [7, 11) is 1.77. The third-order valence-electron chi connectivity index (χ3n) is 3.97. The van der Waals surface area contributed by atoms with E-state index >= 15 is 0 Å². The van der Waals surface area contributed by atoms with Crippen LogP contribution in [0.4, 0.5) is 10.1 Å². The Hall–Kier alpha value is -3.20. The van der Waals surface area contributed by atoms with Gasteiger partial charge < -0.3 is 14.6 Å². The van der Waals surface area contributed by atoms with Crippen LogP contribution in [0.1, 0.15) is 17.3 Å². The fourth-order valence-electron chi connectivity index (χ4n) is 2.59. The standard InChI is InChI=1S/C20H19FN4O3S/c1-3-28-19(27)15-6-4-5-7-16(15)22-17(26)12-29-20-24-23-18(25(20)2)13-8-10-14(21)11-9-13/h4-11H,3,12H2,1-2H3,(H,22,26). The van der Waals surface area contributed by atoms with Crippen LogP contribution in [-0.2, 0) is 16.6 Å². The molecular formula is C20H19FN4O3S. The summed E-state index contributed by atoms with van der Waals surface area (Å²) in [5.74, 6) is -0.468. The van der Waals surface area contributed by atoms with Crippen molar-refractivity contribution in [2.75, 3.05) is 17.7 Å². The maximum atomic E-state index is 13.1. The number of nitrogens with one attached hydrogen (secondary N) is 1. The summed E-state index contributed by atoms with van der Waals surface area (Å²) >= 11 is 1.20. The number of carbonyl (C=O) groups is 2. The summed E-state index contributed by atoms with van der Waals surface area (Å²) in [6, 6.07) is 12.6. The molecule has 0 spiro atoms. The van der Waals surface area contributed by atoms with Crippen molar-refractivity contribution in [1.82, 2.24) is 14.8 Å². The smallest absolute Gasteiger partial charge is 0.340 e. The fourth-order valence-corrected chi connectivity index (χ4v) is 3.30. The average Bonchev–Trinajstić information content (AvgIpc) is 3.08. The molecule has 0 bridgehead atoms. The van der Waals surface area contributed by atoms with Crippen molar-refractivity contribution in [3.8, 4) is 11.4 Å². The third-order valence-corrected chi connectivity index (χ3v) is 4.99. The van der Waals surface area contributed by atoms with Crippen LogP contribution in [0.25, 0.3) is 11.4 Å². The van der Waals surface area contributed by atoms with Gasteiger partial charge in [-0.15, -0.1) is 10.2 Å². The molecule has 0 aliphatic heterocycles. The lowest BCUT2D eigenvalue weighted by Crippen LogP contribution is -2.17. The number of hydrogen-bond acceptors (Lipinski definition) is 6. The molecular weight excluding hydrogens is 395 g/mol. The second kappa shape index (κ2) is 9.33. The van der Waals surface area contributed by atoms with Crippen LogP contribution in [-0.4, -0.2) is 39.0 Å². The lowest BCUT2D eigenvalue weighted by atomic mass is 10.2. The van der Waals surface area contributed by atoms with Crippen molar-refractivity contribution in [2.24, 2.45) is 7.05 Å². The minimum absolute atomic E-state index is 0.0759. The summed E-state index contributed by atoms with van der Waals surface area (Å²) in [4.78, 5) is 24.4. The Morgan fingerprint density at radius 1 is 1.14 bits per heavy atom. The molecule has 0 aliphatic carbocycles. The molecule has 150 valence electrons. The summed E-state index contributed by atoms with van der Waals surface area (Å²) in [6.07, 6.45) is 0. The van der Waals surface area contributed by atoms with E-state index in [1.807, 2.05) is 0 Å². The molecule has 0 fully saturated rings.